The molecule has 0 saturated carbocycles. The van der Waals surface area contributed by atoms with E-state index in [-0.39, 0.29) is 13.2 Å². The molecule has 0 bridgehead atoms. The van der Waals surface area contributed by atoms with Crippen LogP contribution in [0, 0.1) is 0 Å². The lowest BCUT2D eigenvalue weighted by atomic mass is 9.94. The summed E-state index contributed by atoms with van der Waals surface area (Å²) >= 11 is 1.63. The van der Waals surface area contributed by atoms with E-state index in [1.807, 2.05) is 16.3 Å². The number of hydrogen-bond donors (Lipinski definition) is 4. The van der Waals surface area contributed by atoms with Crippen LogP contribution in [0.2, 0.25) is 0 Å². The molecule has 0 unspecified atom stereocenters. The highest BCUT2D eigenvalue weighted by Crippen LogP contribution is 2.19. The molecule has 4 N–H and O–H groups in total. The number of aliphatic hydroxyl groups excluding tert-OH is 4. The molecular weight excluding hydrogens is 254 g/mol. The van der Waals surface area contributed by atoms with E-state index in [9.17, 15) is 20.4 Å². The van der Waals surface area contributed by atoms with Gasteiger partial charge in [0.05, 0.1) is 18.8 Å². The van der Waals surface area contributed by atoms with E-state index >= 15 is 0 Å². The average Bonchev–Trinajstić information content (AvgIpc) is 2.86. The summed E-state index contributed by atoms with van der Waals surface area (Å²) < 4.78 is 0. The van der Waals surface area contributed by atoms with Gasteiger partial charge in [-0.1, -0.05) is 0 Å². The van der Waals surface area contributed by atoms with E-state index < -0.39 is 24.4 Å². The Morgan fingerprint density at radius 1 is 1.28 bits per heavy atom. The molecule has 1 aliphatic rings. The van der Waals surface area contributed by atoms with Gasteiger partial charge in [-0.2, -0.15) is 11.3 Å². The number of nitrogens with zero attached hydrogens (tertiary/aromatic N) is 1. The van der Waals surface area contributed by atoms with Crippen molar-refractivity contribution in [2.24, 2.45) is 0 Å². The number of aliphatic hydroxyl groups is 4. The summed E-state index contributed by atoms with van der Waals surface area (Å²) in [6.07, 6.45) is -2.46. The first-order valence-electron chi connectivity index (χ1n) is 6.03. The first-order valence-corrected chi connectivity index (χ1v) is 6.98. The predicted molar refractivity (Wildman–Crippen MR) is 68.5 cm³/mol. The zero-order chi connectivity index (χ0) is 13.1. The van der Waals surface area contributed by atoms with Crippen LogP contribution in [0.3, 0.4) is 0 Å². The van der Waals surface area contributed by atoms with Crippen LogP contribution in [0.1, 0.15) is 5.56 Å². The molecule has 0 radical (unpaired) electrons. The quantitative estimate of drug-likeness (QED) is 0.568. The van der Waals surface area contributed by atoms with Gasteiger partial charge in [0.1, 0.15) is 12.2 Å². The second-order valence-electron chi connectivity index (χ2n) is 4.67. The lowest BCUT2D eigenvalue weighted by molar-refractivity contribution is -0.144. The summed E-state index contributed by atoms with van der Waals surface area (Å²) in [6, 6.07) is 1.52. The van der Waals surface area contributed by atoms with Gasteiger partial charge in [-0.05, 0) is 28.8 Å². The zero-order valence-corrected chi connectivity index (χ0v) is 10.8. The molecule has 5 nitrogen and oxygen atoms in total. The zero-order valence-electron chi connectivity index (χ0n) is 10.0. The topological polar surface area (TPSA) is 84.2 Å². The van der Waals surface area contributed by atoms with Gasteiger partial charge in [-0.15, -0.1) is 0 Å². The monoisotopic (exact) mass is 273 g/mol. The number of thiophene rings is 1. The van der Waals surface area contributed by atoms with E-state index in [2.05, 4.69) is 5.38 Å². The van der Waals surface area contributed by atoms with Gasteiger partial charge < -0.3 is 20.4 Å². The van der Waals surface area contributed by atoms with Crippen LogP contribution < -0.4 is 0 Å². The number of piperidine rings is 1. The fraction of sp³-hybridized carbons (Fsp3) is 0.667. The minimum absolute atomic E-state index is 0.228. The number of hydrogen-bond acceptors (Lipinski definition) is 6. The van der Waals surface area contributed by atoms with Gasteiger partial charge in [0.25, 0.3) is 0 Å². The third-order valence-corrected chi connectivity index (χ3v) is 4.22. The Morgan fingerprint density at radius 3 is 2.67 bits per heavy atom. The highest BCUT2D eigenvalue weighted by Gasteiger charge is 2.40. The normalized spacial score (nSPS) is 33.8. The van der Waals surface area contributed by atoms with Crippen LogP contribution >= 0.6 is 11.3 Å². The molecule has 1 saturated heterocycles. The van der Waals surface area contributed by atoms with E-state index in [0.717, 1.165) is 6.42 Å². The second-order valence-corrected chi connectivity index (χ2v) is 5.46. The van der Waals surface area contributed by atoms with Crippen LogP contribution in [0.15, 0.2) is 16.8 Å². The van der Waals surface area contributed by atoms with Gasteiger partial charge in [-0.25, -0.2) is 0 Å². The van der Waals surface area contributed by atoms with Gasteiger partial charge in [0, 0.05) is 13.1 Å². The van der Waals surface area contributed by atoms with Crippen molar-refractivity contribution in [3.8, 4) is 0 Å². The largest absolute Gasteiger partial charge is 0.395 e. The lowest BCUT2D eigenvalue weighted by Crippen LogP contribution is -2.62. The van der Waals surface area contributed by atoms with Gasteiger partial charge in [0.2, 0.25) is 0 Å². The van der Waals surface area contributed by atoms with Crippen molar-refractivity contribution in [2.45, 2.75) is 30.8 Å². The summed E-state index contributed by atoms with van der Waals surface area (Å²) in [5.74, 6) is 0. The van der Waals surface area contributed by atoms with Crippen LogP contribution in [0.25, 0.3) is 0 Å². The van der Waals surface area contributed by atoms with Crippen molar-refractivity contribution in [1.82, 2.24) is 4.90 Å². The molecular formula is C12H19NO4S. The lowest BCUT2D eigenvalue weighted by Gasteiger charge is -2.43. The molecule has 4 atom stereocenters. The predicted octanol–water partition coefficient (Wildman–Crippen LogP) is -0.950. The number of β-amino-alcohol motifs (C(OH)–C–C–N with tert-alkyl or cyclic N) is 1. The molecule has 102 valence electrons. The van der Waals surface area contributed by atoms with Crippen molar-refractivity contribution in [3.63, 3.8) is 0 Å². The summed E-state index contributed by atoms with van der Waals surface area (Å²) in [7, 11) is 0. The minimum atomic E-state index is -1.18. The smallest absolute Gasteiger partial charge is 0.109 e. The summed E-state index contributed by atoms with van der Waals surface area (Å²) in [6.45, 7) is 0.685. The molecule has 1 aromatic heterocycles. The Balaban J connectivity index is 1.97. The molecule has 0 aromatic carbocycles. The third kappa shape index (κ3) is 2.90. The molecule has 18 heavy (non-hydrogen) atoms. The van der Waals surface area contributed by atoms with Crippen molar-refractivity contribution in [3.05, 3.63) is 22.4 Å². The molecule has 0 aliphatic carbocycles. The Labute approximate surface area is 110 Å². The van der Waals surface area contributed by atoms with E-state index in [0.29, 0.717) is 6.54 Å². The maximum Gasteiger partial charge on any atom is 0.109 e. The highest BCUT2D eigenvalue weighted by molar-refractivity contribution is 7.07. The van der Waals surface area contributed by atoms with Crippen molar-refractivity contribution in [1.29, 1.82) is 0 Å². The molecule has 2 heterocycles. The third-order valence-electron chi connectivity index (χ3n) is 3.48. The van der Waals surface area contributed by atoms with Gasteiger partial charge in [-0.3, -0.25) is 4.90 Å². The second kappa shape index (κ2) is 6.10. The van der Waals surface area contributed by atoms with Crippen molar-refractivity contribution in [2.75, 3.05) is 19.7 Å². The summed E-state index contributed by atoms with van der Waals surface area (Å²) in [5, 5.41) is 42.4. The van der Waals surface area contributed by atoms with Gasteiger partial charge in [0.15, 0.2) is 0 Å². The SMILES string of the molecule is OC[C@H]1[C@@H](O)[C@H](O)[C@@H](O)CN1CCc1ccsc1. The Kier molecular flexibility index (Phi) is 4.71. The van der Waals surface area contributed by atoms with Crippen LogP contribution in [-0.2, 0) is 6.42 Å². The first kappa shape index (κ1) is 13.9. The first-order chi connectivity index (χ1) is 8.63. The maximum atomic E-state index is 9.83. The Bertz CT molecular complexity index is 359. The summed E-state index contributed by atoms with van der Waals surface area (Å²) in [5.41, 5.74) is 1.20. The summed E-state index contributed by atoms with van der Waals surface area (Å²) in [4.78, 5) is 1.83. The Morgan fingerprint density at radius 2 is 2.06 bits per heavy atom. The van der Waals surface area contributed by atoms with Gasteiger partial charge >= 0.3 is 0 Å². The molecule has 2 rings (SSSR count). The van der Waals surface area contributed by atoms with Crippen molar-refractivity contribution >= 4 is 11.3 Å². The number of likely N-dealkylation sites (tertiary alicyclic amines) is 1. The number of rotatable bonds is 4. The molecule has 1 aromatic rings. The highest BCUT2D eigenvalue weighted by atomic mass is 32.1. The maximum absolute atomic E-state index is 9.83. The van der Waals surface area contributed by atoms with Crippen LogP contribution in [0.4, 0.5) is 0 Å². The molecule has 1 aliphatic heterocycles. The van der Waals surface area contributed by atoms with Crippen molar-refractivity contribution < 1.29 is 20.4 Å². The fourth-order valence-electron chi connectivity index (χ4n) is 2.34. The standard InChI is InChI=1S/C12H19NO4S/c14-6-9-11(16)12(17)10(15)5-13(9)3-1-8-2-4-18-7-8/h2,4,7,9-12,14-17H,1,3,5-6H2/t9-,10-,11+,12+/m0/s1. The van der Waals surface area contributed by atoms with E-state index in [4.69, 9.17) is 0 Å². The van der Waals surface area contributed by atoms with E-state index in [1.54, 1.807) is 11.3 Å². The Hall–Kier alpha value is -0.500. The van der Waals surface area contributed by atoms with E-state index in [1.165, 1.54) is 5.56 Å². The van der Waals surface area contributed by atoms with Crippen LogP contribution in [-0.4, -0.2) is 69.4 Å². The van der Waals surface area contributed by atoms with Crippen LogP contribution in [0.5, 0.6) is 0 Å². The molecule has 0 amide bonds. The molecule has 0 spiro atoms. The molecule has 1 fully saturated rings. The molecule has 6 heteroatoms. The average molecular weight is 273 g/mol. The fourth-order valence-corrected chi connectivity index (χ4v) is 3.05. The minimum Gasteiger partial charge on any atom is -0.395 e.